The van der Waals surface area contributed by atoms with Gasteiger partial charge in [-0.15, -0.1) is 11.3 Å². The fourth-order valence-electron chi connectivity index (χ4n) is 4.09. The van der Waals surface area contributed by atoms with Gasteiger partial charge in [-0.25, -0.2) is 9.78 Å². The van der Waals surface area contributed by atoms with E-state index in [1.165, 1.54) is 18.4 Å². The maximum atomic E-state index is 12.8. The smallest absolute Gasteiger partial charge is 0.384 e. The lowest BCUT2D eigenvalue weighted by atomic mass is 9.79. The van der Waals surface area contributed by atoms with Gasteiger partial charge in [0.2, 0.25) is 0 Å². The Labute approximate surface area is 161 Å². The molecular formula is C20H21N3O3S. The van der Waals surface area contributed by atoms with Crippen molar-refractivity contribution < 1.29 is 14.3 Å². The molecular weight excluding hydrogens is 362 g/mol. The number of piperidine rings is 3. The first-order valence-corrected chi connectivity index (χ1v) is 9.97. The van der Waals surface area contributed by atoms with Crippen LogP contribution in [0.5, 0.6) is 0 Å². The van der Waals surface area contributed by atoms with Gasteiger partial charge in [-0.3, -0.25) is 9.69 Å². The number of fused-ring (bicyclic) bond motifs is 4. The number of carbonyl (C=O) groups is 2. The van der Waals surface area contributed by atoms with E-state index in [9.17, 15) is 9.59 Å². The van der Waals surface area contributed by atoms with Crippen molar-refractivity contribution in [2.75, 3.05) is 20.2 Å². The van der Waals surface area contributed by atoms with E-state index in [2.05, 4.69) is 38.7 Å². The lowest BCUT2D eigenvalue weighted by Gasteiger charge is -2.49. The second kappa shape index (κ2) is 7.29. The van der Waals surface area contributed by atoms with E-state index in [4.69, 9.17) is 0 Å². The monoisotopic (exact) mass is 383 g/mol. The average molecular weight is 383 g/mol. The summed E-state index contributed by atoms with van der Waals surface area (Å²) >= 11 is 1.48. The molecule has 1 amide bonds. The molecule has 0 unspecified atom stereocenters. The maximum Gasteiger partial charge on any atom is 0.384 e. The van der Waals surface area contributed by atoms with Gasteiger partial charge in [-0.2, -0.15) is 0 Å². The fraction of sp³-hybridized carbons (Fsp3) is 0.450. The van der Waals surface area contributed by atoms with Gasteiger partial charge in [0.05, 0.1) is 11.8 Å². The standard InChI is InChI=1S/C20H21N3O3S/c1-12-19(13-5-7-23(12)8-6-13)22-20(25)16-9-15-14(3-4-18(24)26-2)11-27-17(15)10-21-16/h9-13,19H,5-8H2,1-2H3,(H,22,25)/t12-,19-/m0/s1. The molecule has 140 valence electrons. The predicted molar refractivity (Wildman–Crippen MR) is 104 cm³/mol. The molecule has 2 bridgehead atoms. The summed E-state index contributed by atoms with van der Waals surface area (Å²) < 4.78 is 5.48. The van der Waals surface area contributed by atoms with Crippen molar-refractivity contribution in [3.8, 4) is 11.8 Å². The zero-order chi connectivity index (χ0) is 19.0. The molecule has 6 nitrogen and oxygen atoms in total. The topological polar surface area (TPSA) is 71.5 Å². The molecule has 2 aromatic heterocycles. The molecule has 3 saturated heterocycles. The molecule has 3 aliphatic heterocycles. The quantitative estimate of drug-likeness (QED) is 0.635. The minimum Gasteiger partial charge on any atom is -0.459 e. The summed E-state index contributed by atoms with van der Waals surface area (Å²) in [4.78, 5) is 30.9. The van der Waals surface area contributed by atoms with Gasteiger partial charge in [0.25, 0.3) is 5.91 Å². The highest BCUT2D eigenvalue weighted by atomic mass is 32.1. The van der Waals surface area contributed by atoms with Crippen LogP contribution in [0.1, 0.15) is 35.8 Å². The SMILES string of the molecule is COC(=O)C#Cc1csc2cnc(C(=O)N[C@@H]3C4CCN(CC4)[C@H]3C)cc12. The van der Waals surface area contributed by atoms with Crippen molar-refractivity contribution in [3.63, 3.8) is 0 Å². The fourth-order valence-corrected chi connectivity index (χ4v) is 4.93. The minimum atomic E-state index is -0.585. The van der Waals surface area contributed by atoms with Crippen LogP contribution in [0.25, 0.3) is 10.1 Å². The van der Waals surface area contributed by atoms with E-state index in [-0.39, 0.29) is 11.9 Å². The lowest BCUT2D eigenvalue weighted by Crippen LogP contribution is -2.62. The van der Waals surface area contributed by atoms with Gasteiger partial charge in [0, 0.05) is 40.5 Å². The third-order valence-electron chi connectivity index (χ3n) is 5.65. The van der Waals surface area contributed by atoms with Gasteiger partial charge in [0.1, 0.15) is 5.69 Å². The Morgan fingerprint density at radius 2 is 2.15 bits per heavy atom. The van der Waals surface area contributed by atoms with Crippen molar-refractivity contribution >= 4 is 33.3 Å². The van der Waals surface area contributed by atoms with Crippen molar-refractivity contribution in [1.82, 2.24) is 15.2 Å². The largest absolute Gasteiger partial charge is 0.459 e. The minimum absolute atomic E-state index is 0.152. The van der Waals surface area contributed by atoms with E-state index in [1.54, 1.807) is 12.3 Å². The van der Waals surface area contributed by atoms with E-state index in [0.717, 1.165) is 36.0 Å². The van der Waals surface area contributed by atoms with Crippen LogP contribution in [-0.2, 0) is 9.53 Å². The number of pyridine rings is 1. The Morgan fingerprint density at radius 1 is 1.37 bits per heavy atom. The van der Waals surface area contributed by atoms with Crippen LogP contribution in [0.4, 0.5) is 0 Å². The molecule has 3 aliphatic rings. The van der Waals surface area contributed by atoms with Crippen LogP contribution in [0.3, 0.4) is 0 Å². The average Bonchev–Trinajstić information content (AvgIpc) is 3.11. The Bertz CT molecular complexity index is 948. The number of hydrogen-bond donors (Lipinski definition) is 1. The van der Waals surface area contributed by atoms with Gasteiger partial charge in [-0.1, -0.05) is 5.92 Å². The number of carbonyl (C=O) groups excluding carboxylic acids is 2. The predicted octanol–water partition coefficient (Wildman–Crippen LogP) is 2.03. The van der Waals surface area contributed by atoms with Crippen molar-refractivity contribution in [1.29, 1.82) is 0 Å². The molecule has 0 radical (unpaired) electrons. The number of methoxy groups -OCH3 is 1. The van der Waals surface area contributed by atoms with Crippen LogP contribution in [0.15, 0.2) is 17.6 Å². The van der Waals surface area contributed by atoms with E-state index in [0.29, 0.717) is 23.2 Å². The normalized spacial score (nSPS) is 26.3. The van der Waals surface area contributed by atoms with Crippen molar-refractivity contribution in [2.45, 2.75) is 31.8 Å². The summed E-state index contributed by atoms with van der Waals surface area (Å²) in [7, 11) is 1.30. The van der Waals surface area contributed by atoms with Crippen LogP contribution in [-0.4, -0.2) is 54.0 Å². The first-order valence-electron chi connectivity index (χ1n) is 9.09. The van der Waals surface area contributed by atoms with E-state index < -0.39 is 5.97 Å². The zero-order valence-electron chi connectivity index (χ0n) is 15.3. The zero-order valence-corrected chi connectivity index (χ0v) is 16.1. The van der Waals surface area contributed by atoms with Crippen LogP contribution in [0, 0.1) is 17.8 Å². The molecule has 0 aromatic carbocycles. The van der Waals surface area contributed by atoms with Crippen molar-refractivity contribution in [3.05, 3.63) is 28.9 Å². The molecule has 27 heavy (non-hydrogen) atoms. The number of esters is 1. The number of aromatic nitrogens is 1. The Morgan fingerprint density at radius 3 is 2.85 bits per heavy atom. The summed E-state index contributed by atoms with van der Waals surface area (Å²) in [6.07, 6.45) is 3.97. The second-order valence-electron chi connectivity index (χ2n) is 7.07. The summed E-state index contributed by atoms with van der Waals surface area (Å²) in [5.41, 5.74) is 1.08. The highest BCUT2D eigenvalue weighted by Gasteiger charge is 2.40. The molecule has 2 atom stereocenters. The Balaban J connectivity index is 1.57. The third kappa shape index (κ3) is 3.43. The summed E-state index contributed by atoms with van der Waals surface area (Å²) in [6.45, 7) is 4.44. The highest BCUT2D eigenvalue weighted by molar-refractivity contribution is 7.17. The third-order valence-corrected chi connectivity index (χ3v) is 6.59. The molecule has 0 saturated carbocycles. The van der Waals surface area contributed by atoms with Gasteiger partial charge < -0.3 is 10.1 Å². The number of thiophene rings is 1. The van der Waals surface area contributed by atoms with Crippen LogP contribution < -0.4 is 5.32 Å². The molecule has 2 aromatic rings. The number of hydrogen-bond acceptors (Lipinski definition) is 6. The number of ether oxygens (including phenoxy) is 1. The maximum absolute atomic E-state index is 12.8. The number of nitrogens with zero attached hydrogens (tertiary/aromatic N) is 2. The lowest BCUT2D eigenvalue weighted by molar-refractivity contribution is -0.133. The van der Waals surface area contributed by atoms with Crippen LogP contribution in [0.2, 0.25) is 0 Å². The highest BCUT2D eigenvalue weighted by Crippen LogP contribution is 2.32. The second-order valence-corrected chi connectivity index (χ2v) is 7.98. The summed E-state index contributed by atoms with van der Waals surface area (Å²) in [6, 6.07) is 2.28. The number of nitrogens with one attached hydrogen (secondary N) is 1. The molecule has 0 spiro atoms. The number of rotatable bonds is 2. The van der Waals surface area contributed by atoms with E-state index in [1.807, 2.05) is 5.38 Å². The first kappa shape index (κ1) is 18.0. The van der Waals surface area contributed by atoms with Gasteiger partial charge in [-0.05, 0) is 44.8 Å². The molecule has 0 aliphatic carbocycles. The van der Waals surface area contributed by atoms with Crippen LogP contribution >= 0.6 is 11.3 Å². The molecule has 7 heteroatoms. The van der Waals surface area contributed by atoms with Crippen molar-refractivity contribution in [2.24, 2.45) is 5.92 Å². The molecule has 3 fully saturated rings. The molecule has 1 N–H and O–H groups in total. The Hall–Kier alpha value is -2.43. The number of amides is 1. The summed E-state index contributed by atoms with van der Waals surface area (Å²) in [5.74, 6) is 5.05. The first-order chi connectivity index (χ1) is 13.1. The van der Waals surface area contributed by atoms with E-state index >= 15 is 0 Å². The van der Waals surface area contributed by atoms with Gasteiger partial charge in [0.15, 0.2) is 0 Å². The van der Waals surface area contributed by atoms with Gasteiger partial charge >= 0.3 is 5.97 Å². The molecule has 5 rings (SSSR count). The Kier molecular flexibility index (Phi) is 4.85. The summed E-state index contributed by atoms with van der Waals surface area (Å²) in [5, 5.41) is 5.89. The molecule has 5 heterocycles.